The Bertz CT molecular complexity index is 925. The summed E-state index contributed by atoms with van der Waals surface area (Å²) in [5.74, 6) is -0.866. The van der Waals surface area contributed by atoms with Crippen molar-refractivity contribution in [2.75, 3.05) is 18.5 Å². The van der Waals surface area contributed by atoms with Crippen LogP contribution < -0.4 is 5.32 Å². The van der Waals surface area contributed by atoms with Gasteiger partial charge in [-0.3, -0.25) is 9.59 Å². The second kappa shape index (κ2) is 7.04. The summed E-state index contributed by atoms with van der Waals surface area (Å²) in [5.41, 5.74) is 1.36. The summed E-state index contributed by atoms with van der Waals surface area (Å²) >= 11 is 5.85. The van der Waals surface area contributed by atoms with Crippen LogP contribution in [-0.4, -0.2) is 29.7 Å². The molecule has 2 aromatic carbocycles. The van der Waals surface area contributed by atoms with Crippen molar-refractivity contribution in [2.24, 2.45) is 0 Å². The van der Waals surface area contributed by atoms with Gasteiger partial charge in [-0.1, -0.05) is 23.7 Å². The molecular formula is C20H16ClFN2O3. The number of carbonyl (C=O) groups excluding carboxylic acids is 2. The molecule has 1 saturated heterocycles. The average molecular weight is 387 g/mol. The monoisotopic (exact) mass is 386 g/mol. The van der Waals surface area contributed by atoms with E-state index < -0.39 is 5.91 Å². The fourth-order valence-electron chi connectivity index (χ4n) is 3.38. The molecule has 27 heavy (non-hydrogen) atoms. The lowest BCUT2D eigenvalue weighted by Crippen LogP contribution is -2.37. The topological polar surface area (TPSA) is 58.6 Å². The van der Waals surface area contributed by atoms with Crippen LogP contribution in [0, 0.1) is 5.82 Å². The number of anilines is 1. The first-order valence-corrected chi connectivity index (χ1v) is 8.90. The standard InChI is InChI=1S/C20H16ClFN2O3/c21-13-3-7-15(8-4-13)23-19(26)18-17(25)11-16(24-9-10-27-20(18)24)12-1-5-14(22)6-2-12/h1-8,16H,9-11H2,(H,23,26). The largest absolute Gasteiger partial charge is 0.477 e. The zero-order chi connectivity index (χ0) is 19.0. The highest BCUT2D eigenvalue weighted by atomic mass is 35.5. The van der Waals surface area contributed by atoms with Gasteiger partial charge >= 0.3 is 0 Å². The Balaban J connectivity index is 1.63. The Kier molecular flexibility index (Phi) is 4.58. The highest BCUT2D eigenvalue weighted by molar-refractivity contribution is 6.30. The van der Waals surface area contributed by atoms with Gasteiger partial charge in [-0.2, -0.15) is 0 Å². The zero-order valence-corrected chi connectivity index (χ0v) is 15.0. The lowest BCUT2D eigenvalue weighted by molar-refractivity contribution is -0.122. The number of halogens is 2. The molecule has 0 aromatic heterocycles. The molecule has 1 unspecified atom stereocenters. The fraction of sp³-hybridized carbons (Fsp3) is 0.200. The van der Waals surface area contributed by atoms with Crippen LogP contribution in [0.1, 0.15) is 18.0 Å². The van der Waals surface area contributed by atoms with Crippen LogP contribution >= 0.6 is 11.6 Å². The average Bonchev–Trinajstić information content (AvgIpc) is 3.13. The van der Waals surface area contributed by atoms with Crippen molar-refractivity contribution in [3.8, 4) is 0 Å². The van der Waals surface area contributed by atoms with E-state index in [1.54, 1.807) is 36.4 Å². The Morgan fingerprint density at radius 2 is 1.85 bits per heavy atom. The molecule has 4 rings (SSSR count). The predicted molar refractivity (Wildman–Crippen MR) is 98.5 cm³/mol. The van der Waals surface area contributed by atoms with Gasteiger partial charge < -0.3 is 15.0 Å². The first-order valence-electron chi connectivity index (χ1n) is 8.52. The van der Waals surface area contributed by atoms with Gasteiger partial charge in [0.15, 0.2) is 5.78 Å². The minimum atomic E-state index is -0.512. The Morgan fingerprint density at radius 1 is 1.15 bits per heavy atom. The lowest BCUT2D eigenvalue weighted by Gasteiger charge is -2.33. The molecule has 1 amide bonds. The lowest BCUT2D eigenvalue weighted by atomic mass is 9.92. The Labute approximate surface area is 160 Å². The van der Waals surface area contributed by atoms with E-state index in [1.165, 1.54) is 12.1 Å². The second-order valence-electron chi connectivity index (χ2n) is 6.38. The summed E-state index contributed by atoms with van der Waals surface area (Å²) in [7, 11) is 0. The number of ether oxygens (including phenoxy) is 1. The maximum Gasteiger partial charge on any atom is 0.264 e. The first-order chi connectivity index (χ1) is 13.0. The summed E-state index contributed by atoms with van der Waals surface area (Å²) in [6.45, 7) is 0.945. The summed E-state index contributed by atoms with van der Waals surface area (Å²) in [6.07, 6.45) is 0.127. The molecule has 0 bridgehead atoms. The van der Waals surface area contributed by atoms with Gasteiger partial charge in [0.25, 0.3) is 5.91 Å². The summed E-state index contributed by atoms with van der Waals surface area (Å²) in [6, 6.07) is 12.4. The number of ketones is 1. The number of hydrogen-bond donors (Lipinski definition) is 1. The van der Waals surface area contributed by atoms with E-state index >= 15 is 0 Å². The van der Waals surface area contributed by atoms with Crippen molar-refractivity contribution in [1.29, 1.82) is 0 Å². The number of amides is 1. The number of hydrogen-bond acceptors (Lipinski definition) is 4. The number of nitrogens with one attached hydrogen (secondary N) is 1. The Morgan fingerprint density at radius 3 is 2.56 bits per heavy atom. The maximum absolute atomic E-state index is 13.2. The minimum Gasteiger partial charge on any atom is -0.477 e. The molecule has 0 saturated carbocycles. The first kappa shape index (κ1) is 17.5. The second-order valence-corrected chi connectivity index (χ2v) is 6.81. The molecule has 0 spiro atoms. The fourth-order valence-corrected chi connectivity index (χ4v) is 3.50. The minimum absolute atomic E-state index is 0.0146. The molecule has 2 heterocycles. The summed E-state index contributed by atoms with van der Waals surface area (Å²) in [5, 5.41) is 3.26. The molecule has 1 N–H and O–H groups in total. The van der Waals surface area contributed by atoms with E-state index in [4.69, 9.17) is 16.3 Å². The van der Waals surface area contributed by atoms with E-state index in [2.05, 4.69) is 5.32 Å². The number of nitrogens with zero attached hydrogens (tertiary/aromatic N) is 1. The number of fused-ring (bicyclic) bond motifs is 1. The van der Waals surface area contributed by atoms with Gasteiger partial charge in [-0.05, 0) is 42.0 Å². The summed E-state index contributed by atoms with van der Waals surface area (Å²) < 4.78 is 18.8. The molecule has 1 fully saturated rings. The highest BCUT2D eigenvalue weighted by Gasteiger charge is 2.41. The van der Waals surface area contributed by atoms with Crippen molar-refractivity contribution in [3.05, 3.63) is 76.4 Å². The number of rotatable bonds is 3. The van der Waals surface area contributed by atoms with Crippen LogP contribution in [0.4, 0.5) is 10.1 Å². The molecule has 2 aliphatic rings. The predicted octanol–water partition coefficient (Wildman–Crippen LogP) is 3.68. The van der Waals surface area contributed by atoms with Crippen molar-refractivity contribution in [1.82, 2.24) is 4.90 Å². The molecule has 1 atom stereocenters. The van der Waals surface area contributed by atoms with Crippen molar-refractivity contribution in [2.45, 2.75) is 12.5 Å². The summed E-state index contributed by atoms with van der Waals surface area (Å²) in [4.78, 5) is 27.4. The van der Waals surface area contributed by atoms with Crippen LogP contribution in [0.25, 0.3) is 0 Å². The third kappa shape index (κ3) is 3.40. The number of Topliss-reactive ketones (excluding diaryl/α,β-unsaturated/α-hetero) is 1. The number of benzene rings is 2. The molecule has 5 nitrogen and oxygen atoms in total. The molecule has 7 heteroatoms. The molecule has 2 aromatic rings. The molecule has 0 radical (unpaired) electrons. The SMILES string of the molecule is O=C1CC(c2ccc(F)cc2)N2CCOC2=C1C(=O)Nc1ccc(Cl)cc1. The third-order valence-corrected chi connectivity index (χ3v) is 4.92. The third-order valence-electron chi connectivity index (χ3n) is 4.66. The molecule has 0 aliphatic carbocycles. The van der Waals surface area contributed by atoms with Gasteiger partial charge in [0.1, 0.15) is 18.0 Å². The van der Waals surface area contributed by atoms with Gasteiger partial charge in [-0.15, -0.1) is 0 Å². The van der Waals surface area contributed by atoms with Crippen LogP contribution in [-0.2, 0) is 14.3 Å². The van der Waals surface area contributed by atoms with E-state index in [1.807, 2.05) is 4.90 Å². The van der Waals surface area contributed by atoms with Gasteiger partial charge in [0.05, 0.1) is 12.6 Å². The van der Waals surface area contributed by atoms with Crippen molar-refractivity contribution in [3.63, 3.8) is 0 Å². The maximum atomic E-state index is 13.2. The van der Waals surface area contributed by atoms with Gasteiger partial charge in [-0.25, -0.2) is 4.39 Å². The van der Waals surface area contributed by atoms with E-state index in [-0.39, 0.29) is 35.5 Å². The smallest absolute Gasteiger partial charge is 0.264 e. The van der Waals surface area contributed by atoms with Crippen LogP contribution in [0.2, 0.25) is 5.02 Å². The van der Waals surface area contributed by atoms with Crippen LogP contribution in [0.3, 0.4) is 0 Å². The quantitative estimate of drug-likeness (QED) is 0.818. The Hall–Kier alpha value is -2.86. The molecular weight excluding hydrogens is 371 g/mol. The number of carbonyl (C=O) groups is 2. The van der Waals surface area contributed by atoms with E-state index in [0.29, 0.717) is 23.9 Å². The van der Waals surface area contributed by atoms with Crippen molar-refractivity contribution < 1.29 is 18.7 Å². The highest BCUT2D eigenvalue weighted by Crippen LogP contribution is 2.38. The molecule has 2 aliphatic heterocycles. The van der Waals surface area contributed by atoms with Gasteiger partial charge in [0, 0.05) is 17.1 Å². The van der Waals surface area contributed by atoms with Crippen LogP contribution in [0.5, 0.6) is 0 Å². The van der Waals surface area contributed by atoms with Crippen LogP contribution in [0.15, 0.2) is 60.0 Å². The van der Waals surface area contributed by atoms with E-state index in [9.17, 15) is 14.0 Å². The normalized spacial score (nSPS) is 19.0. The van der Waals surface area contributed by atoms with Gasteiger partial charge in [0.2, 0.25) is 5.88 Å². The molecule has 138 valence electrons. The van der Waals surface area contributed by atoms with Crippen molar-refractivity contribution >= 4 is 29.0 Å². The van der Waals surface area contributed by atoms with E-state index in [0.717, 1.165) is 5.56 Å². The zero-order valence-electron chi connectivity index (χ0n) is 14.2.